The third-order valence-electron chi connectivity index (χ3n) is 3.99. The Hall–Kier alpha value is -1.06. The maximum atomic E-state index is 3.59. The van der Waals surface area contributed by atoms with Crippen LogP contribution in [0.25, 0.3) is 0 Å². The topological polar surface area (TPSA) is 27.3 Å². The molecule has 1 unspecified atom stereocenters. The molecule has 0 bridgehead atoms. The van der Waals surface area contributed by atoms with E-state index < -0.39 is 0 Å². The molecular weight excluding hydrogens is 234 g/mol. The number of para-hydroxylation sites is 1. The van der Waals surface area contributed by atoms with Crippen LogP contribution in [0.15, 0.2) is 18.2 Å². The zero-order valence-electron chi connectivity index (χ0n) is 12.5. The molecule has 0 saturated carbocycles. The molecule has 106 valence electrons. The highest BCUT2D eigenvalue weighted by Gasteiger charge is 2.21. The van der Waals surface area contributed by atoms with Crippen molar-refractivity contribution in [2.24, 2.45) is 0 Å². The van der Waals surface area contributed by atoms with Crippen LogP contribution in [-0.4, -0.2) is 39.3 Å². The molecule has 3 nitrogen and oxygen atoms in total. The van der Waals surface area contributed by atoms with Gasteiger partial charge in [-0.25, -0.2) is 0 Å². The summed E-state index contributed by atoms with van der Waals surface area (Å²) in [4.78, 5) is 2.58. The zero-order valence-corrected chi connectivity index (χ0v) is 12.5. The van der Waals surface area contributed by atoms with E-state index in [9.17, 15) is 0 Å². The molecule has 19 heavy (non-hydrogen) atoms. The van der Waals surface area contributed by atoms with Gasteiger partial charge < -0.3 is 15.5 Å². The second-order valence-corrected chi connectivity index (χ2v) is 5.29. The van der Waals surface area contributed by atoms with Gasteiger partial charge in [0.25, 0.3) is 0 Å². The Morgan fingerprint density at radius 2 is 1.95 bits per heavy atom. The third-order valence-corrected chi connectivity index (χ3v) is 3.99. The summed E-state index contributed by atoms with van der Waals surface area (Å²) in [5, 5.41) is 6.87. The van der Waals surface area contributed by atoms with Crippen molar-refractivity contribution in [1.82, 2.24) is 10.6 Å². The number of benzene rings is 1. The molecule has 1 aliphatic heterocycles. The third kappa shape index (κ3) is 3.28. The fourth-order valence-corrected chi connectivity index (χ4v) is 3.03. The van der Waals surface area contributed by atoms with Gasteiger partial charge in [-0.15, -0.1) is 0 Å². The van der Waals surface area contributed by atoms with E-state index >= 15 is 0 Å². The second-order valence-electron chi connectivity index (χ2n) is 5.29. The van der Waals surface area contributed by atoms with E-state index in [0.717, 1.165) is 39.0 Å². The van der Waals surface area contributed by atoms with E-state index in [1.165, 1.54) is 16.8 Å². The van der Waals surface area contributed by atoms with Crippen molar-refractivity contribution in [2.75, 3.05) is 38.1 Å². The lowest BCUT2D eigenvalue weighted by Crippen LogP contribution is -2.54. The summed E-state index contributed by atoms with van der Waals surface area (Å²) in [6, 6.07) is 7.31. The minimum Gasteiger partial charge on any atom is -0.368 e. The van der Waals surface area contributed by atoms with Crippen LogP contribution in [0.3, 0.4) is 0 Å². The molecule has 0 radical (unpaired) electrons. The number of rotatable bonds is 5. The highest BCUT2D eigenvalue weighted by atomic mass is 15.2. The number of piperazine rings is 1. The van der Waals surface area contributed by atoms with Crippen LogP contribution >= 0.6 is 0 Å². The SMILES string of the molecule is CCc1cccc(CC)c1N1CCNC(CNC)C1. The van der Waals surface area contributed by atoms with Crippen molar-refractivity contribution < 1.29 is 0 Å². The molecule has 2 rings (SSSR count). The number of nitrogens with zero attached hydrogens (tertiary/aromatic N) is 1. The lowest BCUT2D eigenvalue weighted by Gasteiger charge is -2.37. The summed E-state index contributed by atoms with van der Waals surface area (Å²) in [5.74, 6) is 0. The van der Waals surface area contributed by atoms with Gasteiger partial charge in [-0.05, 0) is 31.0 Å². The van der Waals surface area contributed by atoms with Crippen molar-refractivity contribution in [3.63, 3.8) is 0 Å². The molecule has 1 fully saturated rings. The summed E-state index contributed by atoms with van der Waals surface area (Å²) in [6.45, 7) is 8.84. The first-order chi connectivity index (χ1) is 9.30. The van der Waals surface area contributed by atoms with Gasteiger partial charge in [0, 0.05) is 37.9 Å². The van der Waals surface area contributed by atoms with Gasteiger partial charge in [0.1, 0.15) is 0 Å². The molecule has 1 aromatic carbocycles. The minimum atomic E-state index is 0.549. The van der Waals surface area contributed by atoms with Crippen molar-refractivity contribution in [2.45, 2.75) is 32.7 Å². The molecule has 1 atom stereocenters. The Labute approximate surface area is 117 Å². The van der Waals surface area contributed by atoms with Crippen LogP contribution in [-0.2, 0) is 12.8 Å². The van der Waals surface area contributed by atoms with Crippen molar-refractivity contribution in [3.05, 3.63) is 29.3 Å². The molecule has 1 heterocycles. The van der Waals surface area contributed by atoms with Gasteiger partial charge in [-0.3, -0.25) is 0 Å². The standard InChI is InChI=1S/C16H27N3/c1-4-13-7-6-8-14(5-2)16(13)19-10-9-18-15(12-19)11-17-3/h6-8,15,17-18H,4-5,9-12H2,1-3H3. The first-order valence-corrected chi connectivity index (χ1v) is 7.53. The quantitative estimate of drug-likeness (QED) is 0.846. The first kappa shape index (κ1) is 14.4. The fraction of sp³-hybridized carbons (Fsp3) is 0.625. The van der Waals surface area contributed by atoms with Crippen LogP contribution < -0.4 is 15.5 Å². The Kier molecular flexibility index (Phi) is 5.23. The van der Waals surface area contributed by atoms with E-state index in [1.54, 1.807) is 0 Å². The fourth-order valence-electron chi connectivity index (χ4n) is 3.03. The van der Waals surface area contributed by atoms with Crippen molar-refractivity contribution >= 4 is 5.69 Å². The number of anilines is 1. The highest BCUT2D eigenvalue weighted by Crippen LogP contribution is 2.27. The van der Waals surface area contributed by atoms with E-state index in [2.05, 4.69) is 47.6 Å². The lowest BCUT2D eigenvalue weighted by atomic mass is 10.0. The average Bonchev–Trinajstić information content (AvgIpc) is 2.47. The van der Waals surface area contributed by atoms with Crippen LogP contribution in [0.1, 0.15) is 25.0 Å². The molecule has 1 aliphatic rings. The Morgan fingerprint density at radius 1 is 1.26 bits per heavy atom. The predicted molar refractivity (Wildman–Crippen MR) is 83.1 cm³/mol. The van der Waals surface area contributed by atoms with Gasteiger partial charge in [0.05, 0.1) is 0 Å². The van der Waals surface area contributed by atoms with Crippen LogP contribution in [0, 0.1) is 0 Å². The number of hydrogen-bond acceptors (Lipinski definition) is 3. The number of likely N-dealkylation sites (N-methyl/N-ethyl adjacent to an activating group) is 1. The van der Waals surface area contributed by atoms with E-state index in [0.29, 0.717) is 6.04 Å². The second kappa shape index (κ2) is 6.92. The number of aryl methyl sites for hydroxylation is 2. The van der Waals surface area contributed by atoms with Crippen LogP contribution in [0.2, 0.25) is 0 Å². The van der Waals surface area contributed by atoms with Crippen LogP contribution in [0.5, 0.6) is 0 Å². The molecule has 1 aromatic rings. The Balaban J connectivity index is 2.24. The maximum Gasteiger partial charge on any atom is 0.0432 e. The first-order valence-electron chi connectivity index (χ1n) is 7.53. The predicted octanol–water partition coefficient (Wildman–Crippen LogP) is 1.81. The summed E-state index contributed by atoms with van der Waals surface area (Å²) in [7, 11) is 2.03. The zero-order chi connectivity index (χ0) is 13.7. The molecule has 0 amide bonds. The summed E-state index contributed by atoms with van der Waals surface area (Å²) in [6.07, 6.45) is 2.23. The van der Waals surface area contributed by atoms with Crippen molar-refractivity contribution in [3.8, 4) is 0 Å². The minimum absolute atomic E-state index is 0.549. The Bertz CT molecular complexity index is 379. The van der Waals surface area contributed by atoms with Crippen LogP contribution in [0.4, 0.5) is 5.69 Å². The van der Waals surface area contributed by atoms with Gasteiger partial charge >= 0.3 is 0 Å². The summed E-state index contributed by atoms with van der Waals surface area (Å²) in [5.41, 5.74) is 4.48. The van der Waals surface area contributed by atoms with E-state index in [4.69, 9.17) is 0 Å². The van der Waals surface area contributed by atoms with Gasteiger partial charge in [0.15, 0.2) is 0 Å². The molecule has 3 heteroatoms. The summed E-state index contributed by atoms with van der Waals surface area (Å²) < 4.78 is 0. The molecule has 0 aliphatic carbocycles. The van der Waals surface area contributed by atoms with Gasteiger partial charge in [0.2, 0.25) is 0 Å². The smallest absolute Gasteiger partial charge is 0.0432 e. The maximum absolute atomic E-state index is 3.59. The van der Waals surface area contributed by atoms with E-state index in [1.807, 2.05) is 7.05 Å². The van der Waals surface area contributed by atoms with E-state index in [-0.39, 0.29) is 0 Å². The lowest BCUT2D eigenvalue weighted by molar-refractivity contribution is 0.442. The molecule has 1 saturated heterocycles. The molecule has 0 aromatic heterocycles. The highest BCUT2D eigenvalue weighted by molar-refractivity contribution is 5.60. The van der Waals surface area contributed by atoms with Crippen molar-refractivity contribution in [1.29, 1.82) is 0 Å². The monoisotopic (exact) mass is 261 g/mol. The normalized spacial score (nSPS) is 19.7. The average molecular weight is 261 g/mol. The largest absolute Gasteiger partial charge is 0.368 e. The molecule has 2 N–H and O–H groups in total. The summed E-state index contributed by atoms with van der Waals surface area (Å²) >= 11 is 0. The number of nitrogens with one attached hydrogen (secondary N) is 2. The number of hydrogen-bond donors (Lipinski definition) is 2. The van der Waals surface area contributed by atoms with Gasteiger partial charge in [-0.2, -0.15) is 0 Å². The molecular formula is C16H27N3. The van der Waals surface area contributed by atoms with Gasteiger partial charge in [-0.1, -0.05) is 32.0 Å². The molecule has 0 spiro atoms. The Morgan fingerprint density at radius 3 is 2.53 bits per heavy atom.